The van der Waals surface area contributed by atoms with Crippen LogP contribution in [-0.2, 0) is 11.3 Å². The Morgan fingerprint density at radius 3 is 2.60 bits per heavy atom. The molecule has 1 heterocycles. The van der Waals surface area contributed by atoms with Gasteiger partial charge in [-0.05, 0) is 6.92 Å². The average molecular weight is 139 g/mol. The molecule has 54 valence electrons. The maximum absolute atomic E-state index is 10.5. The summed E-state index contributed by atoms with van der Waals surface area (Å²) in [5.74, 6) is 0.164. The van der Waals surface area contributed by atoms with Crippen molar-refractivity contribution in [3.8, 4) is 0 Å². The number of ketones is 1. The molecule has 1 rings (SSSR count). The zero-order valence-electron chi connectivity index (χ0n) is 5.82. The number of Topliss-reactive ketones (excluding diaryl/α,β-unsaturated/α-hetero) is 1. The van der Waals surface area contributed by atoms with Crippen LogP contribution in [0.4, 0.5) is 0 Å². The van der Waals surface area contributed by atoms with Crippen LogP contribution in [0.1, 0.15) is 13.3 Å². The number of aryl methyl sites for hydroxylation is 1. The van der Waals surface area contributed by atoms with Crippen molar-refractivity contribution in [2.75, 3.05) is 0 Å². The maximum atomic E-state index is 10.5. The van der Waals surface area contributed by atoms with Gasteiger partial charge >= 0.3 is 0 Å². The number of hydrogen-bond donors (Lipinski definition) is 0. The van der Waals surface area contributed by atoms with Gasteiger partial charge < -0.3 is 0 Å². The van der Waals surface area contributed by atoms with Gasteiger partial charge in [0.15, 0.2) is 0 Å². The van der Waals surface area contributed by atoms with Gasteiger partial charge in [-0.3, -0.25) is 4.79 Å². The summed E-state index contributed by atoms with van der Waals surface area (Å²) in [5, 5.41) is 7.68. The Hall–Kier alpha value is -1.19. The largest absolute Gasteiger partial charge is 0.300 e. The fraction of sp³-hybridized carbons (Fsp3) is 0.500. The van der Waals surface area contributed by atoms with E-state index in [9.17, 15) is 4.79 Å². The van der Waals surface area contributed by atoms with E-state index in [-0.39, 0.29) is 5.78 Å². The molecular weight excluding hydrogens is 130 g/mol. The van der Waals surface area contributed by atoms with Gasteiger partial charge in [-0.2, -0.15) is 15.0 Å². The molecule has 0 saturated heterocycles. The van der Waals surface area contributed by atoms with Crippen molar-refractivity contribution >= 4 is 5.78 Å². The highest BCUT2D eigenvalue weighted by molar-refractivity contribution is 5.75. The van der Waals surface area contributed by atoms with Gasteiger partial charge in [0, 0.05) is 6.42 Å². The zero-order valence-corrected chi connectivity index (χ0v) is 5.82. The first-order chi connectivity index (χ1) is 4.79. The summed E-state index contributed by atoms with van der Waals surface area (Å²) in [6.45, 7) is 2.14. The van der Waals surface area contributed by atoms with Crippen LogP contribution >= 0.6 is 0 Å². The second-order valence-electron chi connectivity index (χ2n) is 2.08. The van der Waals surface area contributed by atoms with Gasteiger partial charge in [0.05, 0.1) is 18.9 Å². The lowest BCUT2D eigenvalue weighted by Gasteiger charge is -1.93. The Bertz CT molecular complexity index is 205. The predicted molar refractivity (Wildman–Crippen MR) is 35.3 cm³/mol. The van der Waals surface area contributed by atoms with Crippen molar-refractivity contribution in [2.45, 2.75) is 19.9 Å². The molecule has 1 aromatic rings. The molecule has 4 heteroatoms. The highest BCUT2D eigenvalue weighted by Crippen LogP contribution is 1.85. The highest BCUT2D eigenvalue weighted by atomic mass is 16.1. The molecule has 10 heavy (non-hydrogen) atoms. The third-order valence-corrected chi connectivity index (χ3v) is 1.13. The second kappa shape index (κ2) is 3.10. The molecule has 0 amide bonds. The molecule has 0 unspecified atom stereocenters. The molecule has 0 aromatic carbocycles. The Balaban J connectivity index is 2.35. The number of carbonyl (C=O) groups is 1. The number of hydrogen-bond acceptors (Lipinski definition) is 3. The average Bonchev–Trinajstić information content (AvgIpc) is 2.34. The van der Waals surface area contributed by atoms with Crippen molar-refractivity contribution in [1.82, 2.24) is 15.0 Å². The van der Waals surface area contributed by atoms with E-state index < -0.39 is 0 Å². The van der Waals surface area contributed by atoms with E-state index >= 15 is 0 Å². The van der Waals surface area contributed by atoms with Crippen molar-refractivity contribution in [3.05, 3.63) is 12.4 Å². The molecule has 0 aliphatic rings. The smallest absolute Gasteiger partial charge is 0.131 e. The lowest BCUT2D eigenvalue weighted by atomic mass is 10.3. The molecule has 0 aliphatic carbocycles. The molecule has 0 spiro atoms. The van der Waals surface area contributed by atoms with E-state index in [1.54, 1.807) is 19.3 Å². The van der Waals surface area contributed by atoms with Crippen molar-refractivity contribution < 1.29 is 4.79 Å². The number of aromatic nitrogens is 3. The van der Waals surface area contributed by atoms with E-state index in [2.05, 4.69) is 10.2 Å². The first kappa shape index (κ1) is 6.92. The molecule has 0 atom stereocenters. The monoisotopic (exact) mass is 139 g/mol. The molecule has 0 saturated carbocycles. The van der Waals surface area contributed by atoms with Gasteiger partial charge in [-0.15, -0.1) is 0 Å². The fourth-order valence-corrected chi connectivity index (χ4v) is 0.616. The Morgan fingerprint density at radius 1 is 1.50 bits per heavy atom. The first-order valence-electron chi connectivity index (χ1n) is 3.12. The van der Waals surface area contributed by atoms with Gasteiger partial charge in [0.25, 0.3) is 0 Å². The summed E-state index contributed by atoms with van der Waals surface area (Å²) in [6, 6.07) is 0. The van der Waals surface area contributed by atoms with E-state index in [4.69, 9.17) is 0 Å². The maximum Gasteiger partial charge on any atom is 0.131 e. The molecular formula is C6H9N3O. The molecule has 0 radical (unpaired) electrons. The number of nitrogens with zero attached hydrogens (tertiary/aromatic N) is 3. The van der Waals surface area contributed by atoms with Gasteiger partial charge in [-0.25, -0.2) is 0 Å². The van der Waals surface area contributed by atoms with Gasteiger partial charge in [-0.1, -0.05) is 0 Å². The van der Waals surface area contributed by atoms with Gasteiger partial charge in [0.2, 0.25) is 0 Å². The normalized spacial score (nSPS) is 9.70. The minimum Gasteiger partial charge on any atom is -0.300 e. The molecule has 4 nitrogen and oxygen atoms in total. The third-order valence-electron chi connectivity index (χ3n) is 1.13. The van der Waals surface area contributed by atoms with Crippen LogP contribution < -0.4 is 0 Å². The number of rotatable bonds is 3. The zero-order chi connectivity index (χ0) is 7.40. The quantitative estimate of drug-likeness (QED) is 0.603. The molecule has 0 N–H and O–H groups in total. The van der Waals surface area contributed by atoms with Gasteiger partial charge in [0.1, 0.15) is 5.78 Å². The lowest BCUT2D eigenvalue weighted by Crippen LogP contribution is -2.05. The molecule has 0 bridgehead atoms. The van der Waals surface area contributed by atoms with E-state index in [1.165, 1.54) is 4.80 Å². The summed E-state index contributed by atoms with van der Waals surface area (Å²) >= 11 is 0. The second-order valence-corrected chi connectivity index (χ2v) is 2.08. The van der Waals surface area contributed by atoms with Crippen LogP contribution in [0, 0.1) is 0 Å². The summed E-state index contributed by atoms with van der Waals surface area (Å²) in [6.07, 6.45) is 3.70. The Morgan fingerprint density at radius 2 is 2.10 bits per heavy atom. The number of carbonyl (C=O) groups excluding carboxylic acids is 1. The van der Waals surface area contributed by atoms with Crippen LogP contribution in [0.3, 0.4) is 0 Å². The third kappa shape index (κ3) is 1.97. The molecule has 0 aliphatic heterocycles. The van der Waals surface area contributed by atoms with E-state index in [1.807, 2.05) is 0 Å². The first-order valence-corrected chi connectivity index (χ1v) is 3.12. The van der Waals surface area contributed by atoms with Crippen LogP contribution in [-0.4, -0.2) is 20.8 Å². The van der Waals surface area contributed by atoms with E-state index in [0.717, 1.165) is 0 Å². The highest BCUT2D eigenvalue weighted by Gasteiger charge is 1.94. The van der Waals surface area contributed by atoms with Crippen LogP contribution in [0.5, 0.6) is 0 Å². The standard InChI is InChI=1S/C6H9N3O/c1-6(10)2-5-9-7-3-4-8-9/h3-4H,2,5H2,1H3. The lowest BCUT2D eigenvalue weighted by molar-refractivity contribution is -0.117. The SMILES string of the molecule is CC(=O)CCn1nccn1. The Labute approximate surface area is 58.8 Å². The van der Waals surface area contributed by atoms with Crippen LogP contribution in [0.15, 0.2) is 12.4 Å². The van der Waals surface area contributed by atoms with Crippen molar-refractivity contribution in [1.29, 1.82) is 0 Å². The summed E-state index contributed by atoms with van der Waals surface area (Å²) in [5.41, 5.74) is 0. The summed E-state index contributed by atoms with van der Waals surface area (Å²) in [4.78, 5) is 12.0. The summed E-state index contributed by atoms with van der Waals surface area (Å²) < 4.78 is 0. The van der Waals surface area contributed by atoms with Crippen molar-refractivity contribution in [3.63, 3.8) is 0 Å². The molecule has 0 fully saturated rings. The van der Waals surface area contributed by atoms with Crippen LogP contribution in [0.2, 0.25) is 0 Å². The Kier molecular flexibility index (Phi) is 2.15. The minimum atomic E-state index is 0.164. The molecule has 1 aromatic heterocycles. The topological polar surface area (TPSA) is 47.8 Å². The predicted octanol–water partition coefficient (Wildman–Crippen LogP) is 0.257. The minimum absolute atomic E-state index is 0.164. The van der Waals surface area contributed by atoms with E-state index in [0.29, 0.717) is 13.0 Å². The van der Waals surface area contributed by atoms with Crippen LogP contribution in [0.25, 0.3) is 0 Å². The summed E-state index contributed by atoms with van der Waals surface area (Å²) in [7, 11) is 0. The fourth-order valence-electron chi connectivity index (χ4n) is 0.616. The van der Waals surface area contributed by atoms with Crippen molar-refractivity contribution in [2.24, 2.45) is 0 Å².